The SMILES string of the molecule is CCOC[C@H]1O[C@@H](O)[C@H](O)[C@@H](O)[C@@H]1O. The fourth-order valence-corrected chi connectivity index (χ4v) is 1.30. The van der Waals surface area contributed by atoms with Crippen molar-refractivity contribution in [3.05, 3.63) is 0 Å². The minimum atomic E-state index is -1.49. The molecule has 1 heterocycles. The van der Waals surface area contributed by atoms with E-state index in [2.05, 4.69) is 0 Å². The Labute approximate surface area is 81.7 Å². The summed E-state index contributed by atoms with van der Waals surface area (Å²) in [6.45, 7) is 2.29. The molecular weight excluding hydrogens is 192 g/mol. The average molecular weight is 208 g/mol. The molecule has 6 heteroatoms. The highest BCUT2D eigenvalue weighted by atomic mass is 16.6. The zero-order chi connectivity index (χ0) is 10.7. The Morgan fingerprint density at radius 3 is 2.29 bits per heavy atom. The summed E-state index contributed by atoms with van der Waals surface area (Å²) >= 11 is 0. The molecule has 1 rings (SSSR count). The molecule has 0 bridgehead atoms. The van der Waals surface area contributed by atoms with E-state index >= 15 is 0 Å². The highest BCUT2D eigenvalue weighted by molar-refractivity contribution is 4.88. The van der Waals surface area contributed by atoms with Gasteiger partial charge in [-0.05, 0) is 6.92 Å². The van der Waals surface area contributed by atoms with Crippen LogP contribution in [0, 0.1) is 0 Å². The van der Waals surface area contributed by atoms with E-state index in [0.717, 1.165) is 0 Å². The predicted octanol–water partition coefficient (Wildman–Crippen LogP) is -2.18. The van der Waals surface area contributed by atoms with Gasteiger partial charge in [-0.1, -0.05) is 0 Å². The van der Waals surface area contributed by atoms with Crippen LogP contribution >= 0.6 is 0 Å². The van der Waals surface area contributed by atoms with E-state index in [1.54, 1.807) is 6.92 Å². The van der Waals surface area contributed by atoms with Crippen molar-refractivity contribution in [3.63, 3.8) is 0 Å². The van der Waals surface area contributed by atoms with Crippen LogP contribution in [0.3, 0.4) is 0 Å². The molecule has 0 spiro atoms. The molecule has 84 valence electrons. The van der Waals surface area contributed by atoms with E-state index in [1.165, 1.54) is 0 Å². The lowest BCUT2D eigenvalue weighted by molar-refractivity contribution is -0.288. The summed E-state index contributed by atoms with van der Waals surface area (Å²) in [5.74, 6) is 0. The second-order valence-electron chi connectivity index (χ2n) is 3.20. The highest BCUT2D eigenvalue weighted by Crippen LogP contribution is 2.19. The summed E-state index contributed by atoms with van der Waals surface area (Å²) in [5.41, 5.74) is 0. The van der Waals surface area contributed by atoms with Gasteiger partial charge in [0.15, 0.2) is 6.29 Å². The molecule has 0 aromatic rings. The van der Waals surface area contributed by atoms with Crippen LogP contribution in [0.1, 0.15) is 6.92 Å². The molecule has 0 amide bonds. The Morgan fingerprint density at radius 1 is 1.07 bits per heavy atom. The average Bonchev–Trinajstić information content (AvgIpc) is 2.18. The molecule has 0 aromatic carbocycles. The van der Waals surface area contributed by atoms with Gasteiger partial charge >= 0.3 is 0 Å². The van der Waals surface area contributed by atoms with Gasteiger partial charge in [0.05, 0.1) is 6.61 Å². The Hall–Kier alpha value is -0.240. The lowest BCUT2D eigenvalue weighted by atomic mass is 9.99. The first-order valence-corrected chi connectivity index (χ1v) is 4.53. The van der Waals surface area contributed by atoms with Crippen LogP contribution in [-0.4, -0.2) is 64.3 Å². The number of rotatable bonds is 3. The lowest BCUT2D eigenvalue weighted by Crippen LogP contribution is -2.58. The molecule has 14 heavy (non-hydrogen) atoms. The van der Waals surface area contributed by atoms with Crippen molar-refractivity contribution in [2.75, 3.05) is 13.2 Å². The van der Waals surface area contributed by atoms with Gasteiger partial charge in [0.25, 0.3) is 0 Å². The number of aliphatic hydroxyl groups excluding tert-OH is 4. The van der Waals surface area contributed by atoms with Gasteiger partial charge in [0.2, 0.25) is 0 Å². The Kier molecular flexibility index (Phi) is 4.24. The first-order valence-electron chi connectivity index (χ1n) is 4.53. The van der Waals surface area contributed by atoms with Crippen molar-refractivity contribution in [2.24, 2.45) is 0 Å². The summed E-state index contributed by atoms with van der Waals surface area (Å²) < 4.78 is 9.84. The van der Waals surface area contributed by atoms with Crippen molar-refractivity contribution >= 4 is 0 Å². The van der Waals surface area contributed by atoms with Crippen LogP contribution in [0.4, 0.5) is 0 Å². The first kappa shape index (κ1) is 11.8. The Balaban J connectivity index is 2.52. The number of aliphatic hydroxyl groups is 4. The van der Waals surface area contributed by atoms with Crippen LogP contribution in [0.25, 0.3) is 0 Å². The van der Waals surface area contributed by atoms with Gasteiger partial charge in [0.1, 0.15) is 24.4 Å². The van der Waals surface area contributed by atoms with Crippen LogP contribution in [0.15, 0.2) is 0 Å². The van der Waals surface area contributed by atoms with Gasteiger partial charge in [-0.3, -0.25) is 0 Å². The first-order chi connectivity index (χ1) is 6.57. The normalized spacial score (nSPS) is 43.9. The zero-order valence-electron chi connectivity index (χ0n) is 7.91. The molecule has 1 saturated heterocycles. The predicted molar refractivity (Wildman–Crippen MR) is 45.4 cm³/mol. The van der Waals surface area contributed by atoms with E-state index < -0.39 is 30.7 Å². The largest absolute Gasteiger partial charge is 0.387 e. The van der Waals surface area contributed by atoms with Crippen molar-refractivity contribution in [3.8, 4) is 0 Å². The maximum absolute atomic E-state index is 9.43. The molecule has 1 aliphatic heterocycles. The molecule has 5 atom stereocenters. The Bertz CT molecular complexity index is 175. The Morgan fingerprint density at radius 2 is 1.71 bits per heavy atom. The van der Waals surface area contributed by atoms with Gasteiger partial charge < -0.3 is 29.9 Å². The van der Waals surface area contributed by atoms with Gasteiger partial charge in [0, 0.05) is 6.61 Å². The second kappa shape index (κ2) is 5.01. The third-order valence-corrected chi connectivity index (χ3v) is 2.17. The van der Waals surface area contributed by atoms with Gasteiger partial charge in [-0.15, -0.1) is 0 Å². The standard InChI is InChI=1S/C8H16O6/c1-2-13-3-4-5(9)6(10)7(11)8(12)14-4/h4-12H,2-3H2,1H3/t4-,5-,6+,7-,8-/m1/s1. The molecule has 1 aliphatic rings. The smallest absolute Gasteiger partial charge is 0.184 e. The monoisotopic (exact) mass is 208 g/mol. The summed E-state index contributed by atoms with van der Waals surface area (Å²) in [7, 11) is 0. The summed E-state index contributed by atoms with van der Waals surface area (Å²) in [6.07, 6.45) is -6.45. The van der Waals surface area contributed by atoms with E-state index in [1.807, 2.05) is 0 Å². The number of hydrogen-bond donors (Lipinski definition) is 4. The van der Waals surface area contributed by atoms with Crippen molar-refractivity contribution in [2.45, 2.75) is 37.6 Å². The maximum atomic E-state index is 9.43. The minimum absolute atomic E-state index is 0.0680. The van der Waals surface area contributed by atoms with Gasteiger partial charge in [-0.25, -0.2) is 0 Å². The van der Waals surface area contributed by atoms with Crippen molar-refractivity contribution < 1.29 is 29.9 Å². The third kappa shape index (κ3) is 2.41. The topological polar surface area (TPSA) is 99.4 Å². The summed E-state index contributed by atoms with van der Waals surface area (Å²) in [4.78, 5) is 0. The molecule has 6 nitrogen and oxygen atoms in total. The molecule has 0 saturated carbocycles. The van der Waals surface area contributed by atoms with Crippen LogP contribution in [0.5, 0.6) is 0 Å². The second-order valence-corrected chi connectivity index (χ2v) is 3.20. The van der Waals surface area contributed by atoms with Crippen LogP contribution in [-0.2, 0) is 9.47 Å². The molecule has 0 radical (unpaired) electrons. The van der Waals surface area contributed by atoms with Crippen molar-refractivity contribution in [1.29, 1.82) is 0 Å². The van der Waals surface area contributed by atoms with E-state index in [9.17, 15) is 10.2 Å². The maximum Gasteiger partial charge on any atom is 0.184 e. The fraction of sp³-hybridized carbons (Fsp3) is 1.00. The van der Waals surface area contributed by atoms with Crippen LogP contribution in [0.2, 0.25) is 0 Å². The number of hydrogen-bond acceptors (Lipinski definition) is 6. The van der Waals surface area contributed by atoms with Gasteiger partial charge in [-0.2, -0.15) is 0 Å². The number of ether oxygens (including phenoxy) is 2. The lowest BCUT2D eigenvalue weighted by Gasteiger charge is -2.38. The minimum Gasteiger partial charge on any atom is -0.387 e. The summed E-state index contributed by atoms with van der Waals surface area (Å²) in [5, 5.41) is 37.0. The van der Waals surface area contributed by atoms with E-state index in [0.29, 0.717) is 6.61 Å². The molecule has 0 unspecified atom stereocenters. The molecule has 4 N–H and O–H groups in total. The molecule has 0 aliphatic carbocycles. The highest BCUT2D eigenvalue weighted by Gasteiger charge is 2.42. The molecule has 1 fully saturated rings. The summed E-state index contributed by atoms with van der Waals surface area (Å²) in [6, 6.07) is 0. The van der Waals surface area contributed by atoms with Crippen LogP contribution < -0.4 is 0 Å². The van der Waals surface area contributed by atoms with E-state index in [4.69, 9.17) is 19.7 Å². The zero-order valence-corrected chi connectivity index (χ0v) is 7.91. The fourth-order valence-electron chi connectivity index (χ4n) is 1.30. The third-order valence-electron chi connectivity index (χ3n) is 2.17. The van der Waals surface area contributed by atoms with E-state index in [-0.39, 0.29) is 6.61 Å². The molecular formula is C8H16O6. The van der Waals surface area contributed by atoms with Crippen molar-refractivity contribution in [1.82, 2.24) is 0 Å². The molecule has 0 aromatic heterocycles. The quantitative estimate of drug-likeness (QED) is 0.421.